The number of pyridine rings is 1. The second-order valence-corrected chi connectivity index (χ2v) is 13.4. The third kappa shape index (κ3) is 6.56. The van der Waals surface area contributed by atoms with Gasteiger partial charge in [0.2, 0.25) is 11.8 Å². The number of nitrogens with zero attached hydrogens (tertiary/aromatic N) is 2. The van der Waals surface area contributed by atoms with E-state index < -0.39 is 90.0 Å². The molecule has 2 heterocycles. The first kappa shape index (κ1) is 36.3. The number of hydrogen-bond donors (Lipinski definition) is 2. The lowest BCUT2D eigenvalue weighted by Crippen LogP contribution is -2.59. The zero-order valence-corrected chi connectivity index (χ0v) is 27.2. The highest BCUT2D eigenvalue weighted by atomic mass is 19.4. The standard InChI is InChI=1S/C36H33F8N3O4/c1-46-27-11-3-2-7-25(27)29(35(39,40)41)28(30(46)48)24-10-5-8-22-20(6-4-9-23(22)24)18-26(31(49)50)45-32(51)33(36(42,43)44)14-16-47(17-15-33)21-12-13-34(37,38)19-21/h2-11,21,26H,12-19H2,1H3,(H,45,51)(H,49,50)/t21-,26-/m0/s1. The van der Waals surface area contributed by atoms with Gasteiger partial charge in [-0.05, 0) is 60.3 Å². The number of benzene rings is 3. The van der Waals surface area contributed by atoms with Gasteiger partial charge in [0, 0.05) is 37.7 Å². The Hall–Kier alpha value is -4.53. The van der Waals surface area contributed by atoms with Crippen LogP contribution in [0.3, 0.4) is 0 Å². The molecule has 0 spiro atoms. The molecular formula is C36H33F8N3O4. The van der Waals surface area contributed by atoms with Crippen LogP contribution in [-0.2, 0) is 29.2 Å². The highest BCUT2D eigenvalue weighted by molar-refractivity contribution is 6.02. The van der Waals surface area contributed by atoms with Gasteiger partial charge >= 0.3 is 18.3 Å². The Morgan fingerprint density at radius 3 is 2.14 bits per heavy atom. The molecule has 1 saturated heterocycles. The topological polar surface area (TPSA) is 91.6 Å². The number of alkyl halides is 8. The fraction of sp³-hybridized carbons (Fsp3) is 0.417. The van der Waals surface area contributed by atoms with Crippen LogP contribution in [0.5, 0.6) is 0 Å². The van der Waals surface area contributed by atoms with E-state index in [1.165, 1.54) is 72.6 Å². The van der Waals surface area contributed by atoms with Crippen LogP contribution in [0.2, 0.25) is 0 Å². The second-order valence-electron chi connectivity index (χ2n) is 13.4. The zero-order valence-electron chi connectivity index (χ0n) is 27.2. The summed E-state index contributed by atoms with van der Waals surface area (Å²) in [7, 11) is 1.34. The van der Waals surface area contributed by atoms with Gasteiger partial charge in [0.05, 0.1) is 16.6 Å². The van der Waals surface area contributed by atoms with E-state index in [2.05, 4.69) is 5.32 Å². The molecule has 51 heavy (non-hydrogen) atoms. The Morgan fingerprint density at radius 2 is 1.53 bits per heavy atom. The second kappa shape index (κ2) is 12.9. The van der Waals surface area contributed by atoms with Crippen molar-refractivity contribution in [1.82, 2.24) is 14.8 Å². The van der Waals surface area contributed by atoms with Gasteiger partial charge in [0.25, 0.3) is 5.56 Å². The third-order valence-electron chi connectivity index (χ3n) is 10.4. The van der Waals surface area contributed by atoms with Gasteiger partial charge in [0.1, 0.15) is 11.5 Å². The SMILES string of the molecule is Cn1c(=O)c(-c2cccc3c(C[C@H](NC(=O)C4(C(F)(F)F)CCN([C@H]5CCC(F)(F)C5)CC4)C(=O)O)cccc23)c(C(F)(F)F)c2ccccc21. The minimum atomic E-state index is -5.08. The molecule has 7 nitrogen and oxygen atoms in total. The molecule has 1 saturated carbocycles. The number of para-hydroxylation sites is 1. The molecule has 4 aromatic rings. The lowest BCUT2D eigenvalue weighted by molar-refractivity contribution is -0.234. The van der Waals surface area contributed by atoms with Crippen LogP contribution >= 0.6 is 0 Å². The van der Waals surface area contributed by atoms with E-state index in [9.17, 15) is 54.6 Å². The normalized spacial score (nSPS) is 20.1. The van der Waals surface area contributed by atoms with E-state index in [-0.39, 0.29) is 58.7 Å². The van der Waals surface area contributed by atoms with Gasteiger partial charge in [-0.1, -0.05) is 54.6 Å². The Labute approximate surface area is 285 Å². The van der Waals surface area contributed by atoms with Crippen molar-refractivity contribution in [3.63, 3.8) is 0 Å². The summed E-state index contributed by atoms with van der Waals surface area (Å²) >= 11 is 0. The largest absolute Gasteiger partial charge is 0.480 e. The van der Waals surface area contributed by atoms with Gasteiger partial charge in [-0.2, -0.15) is 26.3 Å². The number of aliphatic carboxylic acids is 1. The van der Waals surface area contributed by atoms with Crippen molar-refractivity contribution in [3.05, 3.63) is 82.1 Å². The summed E-state index contributed by atoms with van der Waals surface area (Å²) in [5, 5.41) is 12.3. The summed E-state index contributed by atoms with van der Waals surface area (Å²) in [5.74, 6) is -6.13. The lowest BCUT2D eigenvalue weighted by atomic mass is 9.76. The van der Waals surface area contributed by atoms with E-state index >= 15 is 0 Å². The minimum Gasteiger partial charge on any atom is -0.480 e. The number of halogens is 8. The number of carboxylic acid groups (broad SMARTS) is 1. The number of piperidine rings is 1. The number of rotatable bonds is 7. The van der Waals surface area contributed by atoms with Crippen molar-refractivity contribution in [2.75, 3.05) is 13.1 Å². The number of hydrogen-bond acceptors (Lipinski definition) is 4. The number of carbonyl (C=O) groups excluding carboxylic acids is 1. The molecular weight excluding hydrogens is 690 g/mol. The Bertz CT molecular complexity index is 2070. The predicted octanol–water partition coefficient (Wildman–Crippen LogP) is 7.32. The molecule has 15 heteroatoms. The maximum atomic E-state index is 14.7. The summed E-state index contributed by atoms with van der Waals surface area (Å²) in [5.41, 5.74) is -5.53. The van der Waals surface area contributed by atoms with Crippen LogP contribution in [0.15, 0.2) is 65.5 Å². The molecule has 6 rings (SSSR count). The molecule has 2 aliphatic rings. The van der Waals surface area contributed by atoms with Crippen LogP contribution in [-0.4, -0.2) is 63.7 Å². The Kier molecular flexibility index (Phi) is 9.18. The van der Waals surface area contributed by atoms with Crippen LogP contribution in [0.25, 0.3) is 32.8 Å². The van der Waals surface area contributed by atoms with Crippen LogP contribution in [0.1, 0.15) is 43.2 Å². The van der Waals surface area contributed by atoms with Crippen molar-refractivity contribution < 1.29 is 49.8 Å². The van der Waals surface area contributed by atoms with Gasteiger partial charge in [0.15, 0.2) is 0 Å². The molecule has 2 fully saturated rings. The van der Waals surface area contributed by atoms with E-state index in [1.54, 1.807) is 0 Å². The number of likely N-dealkylation sites (tertiary alicyclic amines) is 1. The lowest BCUT2D eigenvalue weighted by Gasteiger charge is -2.43. The molecule has 1 aromatic heterocycles. The number of aromatic nitrogens is 1. The number of nitrogens with one attached hydrogen (secondary N) is 1. The molecule has 1 aliphatic heterocycles. The third-order valence-corrected chi connectivity index (χ3v) is 10.4. The fourth-order valence-electron chi connectivity index (χ4n) is 7.68. The monoisotopic (exact) mass is 723 g/mol. The van der Waals surface area contributed by atoms with Crippen molar-refractivity contribution in [2.45, 2.75) is 68.9 Å². The number of aryl methyl sites for hydroxylation is 1. The van der Waals surface area contributed by atoms with Crippen molar-refractivity contribution in [2.24, 2.45) is 12.5 Å². The van der Waals surface area contributed by atoms with Crippen LogP contribution < -0.4 is 10.9 Å². The first-order valence-corrected chi connectivity index (χ1v) is 16.3. The summed E-state index contributed by atoms with van der Waals surface area (Å²) in [6.07, 6.45) is -12.8. The van der Waals surface area contributed by atoms with Crippen molar-refractivity contribution in [3.8, 4) is 11.1 Å². The van der Waals surface area contributed by atoms with Gasteiger partial charge < -0.3 is 19.9 Å². The molecule has 0 radical (unpaired) electrons. The van der Waals surface area contributed by atoms with E-state index in [0.29, 0.717) is 0 Å². The van der Waals surface area contributed by atoms with Crippen molar-refractivity contribution in [1.29, 1.82) is 0 Å². The van der Waals surface area contributed by atoms with E-state index in [0.717, 1.165) is 4.57 Å². The average Bonchev–Trinajstić information content (AvgIpc) is 3.44. The van der Waals surface area contributed by atoms with Crippen LogP contribution in [0, 0.1) is 5.41 Å². The quantitative estimate of drug-likeness (QED) is 0.195. The van der Waals surface area contributed by atoms with Gasteiger partial charge in [-0.3, -0.25) is 9.59 Å². The zero-order chi connectivity index (χ0) is 37.1. The number of fused-ring (bicyclic) bond motifs is 2. The van der Waals surface area contributed by atoms with Crippen LogP contribution in [0.4, 0.5) is 35.1 Å². The number of carbonyl (C=O) groups is 2. The summed E-state index contributed by atoms with van der Waals surface area (Å²) in [4.78, 5) is 40.9. The summed E-state index contributed by atoms with van der Waals surface area (Å²) in [6, 6.07) is 11.6. The highest BCUT2D eigenvalue weighted by Crippen LogP contribution is 2.49. The molecule has 272 valence electrons. The Morgan fingerprint density at radius 1 is 0.902 bits per heavy atom. The van der Waals surface area contributed by atoms with E-state index in [1.807, 2.05) is 0 Å². The predicted molar refractivity (Wildman–Crippen MR) is 172 cm³/mol. The smallest absolute Gasteiger partial charge is 0.417 e. The summed E-state index contributed by atoms with van der Waals surface area (Å²) < 4.78 is 116. The van der Waals surface area contributed by atoms with E-state index in [4.69, 9.17) is 0 Å². The van der Waals surface area contributed by atoms with Crippen molar-refractivity contribution >= 4 is 33.6 Å². The average molecular weight is 724 g/mol. The molecule has 1 aliphatic carbocycles. The fourth-order valence-corrected chi connectivity index (χ4v) is 7.68. The maximum Gasteiger partial charge on any atom is 0.417 e. The first-order valence-electron chi connectivity index (χ1n) is 16.3. The Balaban J connectivity index is 1.34. The number of carboxylic acids is 1. The maximum absolute atomic E-state index is 14.7. The minimum absolute atomic E-state index is 0.0573. The molecule has 0 unspecified atom stereocenters. The van der Waals surface area contributed by atoms with Gasteiger partial charge in [-0.15, -0.1) is 0 Å². The highest BCUT2D eigenvalue weighted by Gasteiger charge is 2.61. The molecule has 3 aromatic carbocycles. The summed E-state index contributed by atoms with van der Waals surface area (Å²) in [6.45, 7) is -0.572. The first-order chi connectivity index (χ1) is 23.8. The molecule has 2 atom stereocenters. The molecule has 2 N–H and O–H groups in total. The molecule has 1 amide bonds. The van der Waals surface area contributed by atoms with Gasteiger partial charge in [-0.25, -0.2) is 13.6 Å². The number of amides is 1. The molecule has 0 bridgehead atoms.